The van der Waals surface area contributed by atoms with E-state index < -0.39 is 22.1 Å². The van der Waals surface area contributed by atoms with Crippen molar-refractivity contribution in [2.45, 2.75) is 19.5 Å². The quantitative estimate of drug-likeness (QED) is 0.367. The summed E-state index contributed by atoms with van der Waals surface area (Å²) in [5.74, 6) is -1.34. The topological polar surface area (TPSA) is 23.6 Å². The summed E-state index contributed by atoms with van der Waals surface area (Å²) in [4.78, 5) is 10.3. The molecule has 0 heterocycles. The summed E-state index contributed by atoms with van der Waals surface area (Å²) < 4.78 is 46.7. The van der Waals surface area contributed by atoms with Gasteiger partial charge in [-0.05, 0) is 13.8 Å². The van der Waals surface area contributed by atoms with E-state index in [1.165, 1.54) is 0 Å². The van der Waals surface area contributed by atoms with Crippen molar-refractivity contribution in [3.05, 3.63) is 0 Å². The number of ketones is 1. The first kappa shape index (κ1) is 10.3. The number of carbonyl (C=O) groups excluding carboxylic acids is 1. The lowest BCUT2D eigenvalue weighted by molar-refractivity contribution is -0.348. The number of halogens is 4. The third kappa shape index (κ3) is 1.66. The fourth-order valence-corrected chi connectivity index (χ4v) is 0.295. The summed E-state index contributed by atoms with van der Waals surface area (Å²) >= 11 is 0. The summed E-state index contributed by atoms with van der Waals surface area (Å²) in [6.45, 7) is 1.06. The smallest absolute Gasteiger partial charge is 0.250 e. The molecule has 7 heteroatoms. The Morgan fingerprint density at radius 1 is 1.18 bits per heavy atom. The van der Waals surface area contributed by atoms with Gasteiger partial charge in [-0.25, -0.2) is 0 Å². The van der Waals surface area contributed by atoms with E-state index in [-0.39, 0.29) is 0 Å². The van der Waals surface area contributed by atoms with Crippen molar-refractivity contribution in [2.24, 2.45) is 0 Å². The highest BCUT2D eigenvalue weighted by molar-refractivity contribution is 5.84. The first-order valence-electron chi connectivity index (χ1n) is 2.58. The van der Waals surface area contributed by atoms with Crippen LogP contribution in [0.5, 0.6) is 0 Å². The first-order chi connectivity index (χ1) is 4.83. The molecule has 0 aliphatic carbocycles. The minimum Gasteiger partial charge on any atom is -0.296 e. The lowest BCUT2D eigenvalue weighted by atomic mass is 10.1. The van der Waals surface area contributed by atoms with Gasteiger partial charge in [-0.1, -0.05) is 17.9 Å². The maximum atomic E-state index is 11.7. The van der Waals surface area contributed by atoms with Crippen molar-refractivity contribution in [1.82, 2.24) is 10.7 Å². The van der Waals surface area contributed by atoms with Crippen LogP contribution in [0.4, 0.5) is 17.9 Å². The van der Waals surface area contributed by atoms with Crippen molar-refractivity contribution in [3.8, 4) is 0 Å². The molecular weight excluding hydrogens is 168 g/mol. The average Bonchev–Trinajstić information content (AvgIpc) is 1.84. The van der Waals surface area contributed by atoms with E-state index in [9.17, 15) is 22.7 Å². The zero-order valence-corrected chi connectivity index (χ0v) is 5.81. The number of hydrogen-bond acceptors (Lipinski definition) is 3. The summed E-state index contributed by atoms with van der Waals surface area (Å²) in [6.07, 6.45) is 0. The van der Waals surface area contributed by atoms with Crippen LogP contribution in [0.2, 0.25) is 0 Å². The van der Waals surface area contributed by atoms with Crippen LogP contribution in [0.1, 0.15) is 13.8 Å². The van der Waals surface area contributed by atoms with Gasteiger partial charge >= 0.3 is 0 Å². The number of rotatable bonds is 3. The van der Waals surface area contributed by atoms with Crippen LogP contribution in [-0.2, 0) is 4.79 Å². The summed E-state index contributed by atoms with van der Waals surface area (Å²) in [5.41, 5.74) is -3.14. The highest BCUT2D eigenvalue weighted by Crippen LogP contribution is 2.23. The molecule has 0 aromatic heterocycles. The molecule has 0 atom stereocenters. The maximum Gasteiger partial charge on any atom is 0.250 e. The molecule has 0 N–H and O–H groups in total. The average molecular weight is 174 g/mol. The van der Waals surface area contributed by atoms with Gasteiger partial charge in [0.2, 0.25) is 5.66 Å². The Morgan fingerprint density at radius 2 is 1.45 bits per heavy atom. The Morgan fingerprint density at radius 3 is 1.45 bits per heavy atom. The van der Waals surface area contributed by atoms with Gasteiger partial charge in [0.15, 0.2) is 5.78 Å². The van der Waals surface area contributed by atoms with E-state index in [0.717, 1.165) is 0 Å². The van der Waals surface area contributed by atoms with E-state index in [1.54, 1.807) is 0 Å². The molecule has 0 bridgehead atoms. The van der Waals surface area contributed by atoms with E-state index >= 15 is 0 Å². The van der Waals surface area contributed by atoms with E-state index in [4.69, 9.17) is 0 Å². The maximum absolute atomic E-state index is 11.7. The Kier molecular flexibility index (Phi) is 2.94. The first-order valence-corrected chi connectivity index (χ1v) is 2.58. The second-order valence-corrected chi connectivity index (χ2v) is 2.04. The molecule has 11 heavy (non-hydrogen) atoms. The molecule has 0 fully saturated rings. The highest BCUT2D eigenvalue weighted by Gasteiger charge is 2.47. The van der Waals surface area contributed by atoms with Crippen LogP contribution < -0.4 is 0 Å². The predicted octanol–water partition coefficient (Wildman–Crippen LogP) is 1.43. The van der Waals surface area contributed by atoms with Crippen LogP contribution in [0, 0.1) is 0 Å². The lowest BCUT2D eigenvalue weighted by Crippen LogP contribution is -2.51. The summed E-state index contributed by atoms with van der Waals surface area (Å²) in [6, 6.07) is 0. The highest BCUT2D eigenvalue weighted by atomic mass is 19.4. The zero-order valence-electron chi connectivity index (χ0n) is 5.81. The van der Waals surface area contributed by atoms with Gasteiger partial charge in [0.25, 0.3) is 0 Å². The fraction of sp³-hybridized carbons (Fsp3) is 0.750. The second kappa shape index (κ2) is 3.14. The molecule has 3 nitrogen and oxygen atoms in total. The molecule has 0 unspecified atom stereocenters. The molecule has 0 aliphatic heterocycles. The van der Waals surface area contributed by atoms with Gasteiger partial charge in [0, 0.05) is 0 Å². The number of nitrogens with zero attached hydrogens (tertiary/aromatic N) is 2. The van der Waals surface area contributed by atoms with Crippen LogP contribution >= 0.6 is 0 Å². The number of carbonyl (C=O) groups is 1. The van der Waals surface area contributed by atoms with Gasteiger partial charge in [-0.15, -0.1) is 0 Å². The fourth-order valence-electron chi connectivity index (χ4n) is 0.295. The number of Topliss-reactive ketones (excluding diaryl/α,β-unsaturated/α-hetero) is 1. The SMILES string of the molecule is CC(=O)C(C)(N(F)F)N(F)F. The lowest BCUT2D eigenvalue weighted by Gasteiger charge is -2.24. The van der Waals surface area contributed by atoms with Gasteiger partial charge < -0.3 is 0 Å². The molecule has 66 valence electrons. The summed E-state index contributed by atoms with van der Waals surface area (Å²) in [5, 5.41) is -3.68. The minimum absolute atomic E-state index is 0.412. The molecule has 0 amide bonds. The monoisotopic (exact) mass is 174 g/mol. The largest absolute Gasteiger partial charge is 0.296 e. The Balaban J connectivity index is 4.67. The van der Waals surface area contributed by atoms with E-state index in [0.29, 0.717) is 13.8 Å². The molecule has 0 aromatic rings. The summed E-state index contributed by atoms with van der Waals surface area (Å²) in [7, 11) is 0. The van der Waals surface area contributed by atoms with Crippen molar-refractivity contribution in [2.75, 3.05) is 0 Å². The van der Waals surface area contributed by atoms with Crippen molar-refractivity contribution in [3.63, 3.8) is 0 Å². The third-order valence-electron chi connectivity index (χ3n) is 1.33. The third-order valence-corrected chi connectivity index (χ3v) is 1.33. The van der Waals surface area contributed by atoms with E-state index in [1.807, 2.05) is 0 Å². The van der Waals surface area contributed by atoms with Crippen LogP contribution in [0.25, 0.3) is 0 Å². The van der Waals surface area contributed by atoms with Gasteiger partial charge in [-0.2, -0.15) is 0 Å². The molecular formula is C4H6F4N2O. The van der Waals surface area contributed by atoms with Crippen molar-refractivity contribution in [1.29, 1.82) is 0 Å². The molecule has 0 saturated heterocycles. The molecule has 0 saturated carbocycles. The number of hydrogen-bond donors (Lipinski definition) is 0. The van der Waals surface area contributed by atoms with Crippen LogP contribution in [0.3, 0.4) is 0 Å². The van der Waals surface area contributed by atoms with Crippen LogP contribution in [-0.4, -0.2) is 22.1 Å². The molecule has 0 aliphatic rings. The van der Waals surface area contributed by atoms with Gasteiger partial charge in [0.05, 0.1) is 10.7 Å². The normalized spacial score (nSPS) is 12.7. The molecule has 0 rings (SSSR count). The second-order valence-electron chi connectivity index (χ2n) is 2.04. The molecule has 0 spiro atoms. The Bertz CT molecular complexity index is 152. The molecule has 0 radical (unpaired) electrons. The van der Waals surface area contributed by atoms with Crippen molar-refractivity contribution >= 4 is 5.78 Å². The van der Waals surface area contributed by atoms with Gasteiger partial charge in [-0.3, -0.25) is 4.79 Å². The van der Waals surface area contributed by atoms with Crippen molar-refractivity contribution < 1.29 is 22.7 Å². The predicted molar refractivity (Wildman–Crippen MR) is 27.2 cm³/mol. The Labute approximate surface area is 59.9 Å². The zero-order chi connectivity index (χ0) is 9.23. The Hall–Kier alpha value is -0.690. The van der Waals surface area contributed by atoms with E-state index in [2.05, 4.69) is 0 Å². The standard InChI is InChI=1S/C4H6F4N2O/c1-3(11)4(2,9(5)6)10(7)8/h1-2H3. The van der Waals surface area contributed by atoms with Gasteiger partial charge in [0.1, 0.15) is 0 Å². The van der Waals surface area contributed by atoms with Crippen LogP contribution in [0.15, 0.2) is 0 Å². The molecule has 0 aromatic carbocycles. The minimum atomic E-state index is -3.14.